The molecule has 1 aliphatic carbocycles. The summed E-state index contributed by atoms with van der Waals surface area (Å²) in [6.45, 7) is 3.17. The summed E-state index contributed by atoms with van der Waals surface area (Å²) in [5.74, 6) is -0.369. The molecule has 1 aromatic heterocycles. The first kappa shape index (κ1) is 21.6. The molecule has 0 bridgehead atoms. The largest absolute Gasteiger partial charge is 0.454 e. The predicted molar refractivity (Wildman–Crippen MR) is 117 cm³/mol. The number of aromatic nitrogens is 1. The molecule has 33 heavy (non-hydrogen) atoms. The van der Waals surface area contributed by atoms with Crippen LogP contribution in [-0.4, -0.2) is 35.2 Å². The van der Waals surface area contributed by atoms with Gasteiger partial charge in [-0.3, -0.25) is 4.79 Å². The van der Waals surface area contributed by atoms with Crippen molar-refractivity contribution in [3.05, 3.63) is 63.9 Å². The first-order chi connectivity index (χ1) is 15.5. The van der Waals surface area contributed by atoms with E-state index in [-0.39, 0.29) is 18.9 Å². The van der Waals surface area contributed by atoms with Crippen LogP contribution in [0.3, 0.4) is 0 Å². The van der Waals surface area contributed by atoms with Gasteiger partial charge in [-0.2, -0.15) is 13.2 Å². The van der Waals surface area contributed by atoms with Gasteiger partial charge in [0.05, 0.1) is 5.52 Å². The summed E-state index contributed by atoms with van der Waals surface area (Å²) in [6, 6.07) is 11.3. The van der Waals surface area contributed by atoms with Crippen molar-refractivity contribution in [2.75, 3.05) is 18.7 Å². The van der Waals surface area contributed by atoms with Gasteiger partial charge in [-0.05, 0) is 41.7 Å². The number of hydrogen-bond acceptors (Lipinski definition) is 5. The SMILES string of the molecule is CC1(C)CC(O)(C(F)(F)F)C(CNc2cccc3[nH]c(=O)ccc23)c2ccc3c(c21)OCO3. The second-order valence-electron chi connectivity index (χ2n) is 9.27. The molecular formula is C24H23F3N2O4. The molecule has 0 radical (unpaired) electrons. The van der Waals surface area contributed by atoms with E-state index in [4.69, 9.17) is 9.47 Å². The summed E-state index contributed by atoms with van der Waals surface area (Å²) >= 11 is 0. The Morgan fingerprint density at radius 2 is 1.94 bits per heavy atom. The maximum atomic E-state index is 14.3. The molecule has 5 rings (SSSR count). The number of anilines is 1. The molecule has 2 unspecified atom stereocenters. The number of hydrogen-bond donors (Lipinski definition) is 3. The van der Waals surface area contributed by atoms with Gasteiger partial charge in [0.2, 0.25) is 12.4 Å². The molecule has 174 valence electrons. The Morgan fingerprint density at radius 1 is 1.15 bits per heavy atom. The van der Waals surface area contributed by atoms with E-state index in [1.165, 1.54) is 6.07 Å². The van der Waals surface area contributed by atoms with Crippen molar-refractivity contribution in [2.45, 2.75) is 43.4 Å². The average molecular weight is 460 g/mol. The van der Waals surface area contributed by atoms with Crippen LogP contribution in [0.4, 0.5) is 18.9 Å². The minimum Gasteiger partial charge on any atom is -0.454 e. The van der Waals surface area contributed by atoms with Crippen LogP contribution in [-0.2, 0) is 5.41 Å². The molecule has 2 heterocycles. The van der Waals surface area contributed by atoms with Crippen LogP contribution in [0, 0.1) is 0 Å². The third-order valence-corrected chi connectivity index (χ3v) is 6.66. The second kappa shape index (κ2) is 7.15. The maximum Gasteiger partial charge on any atom is 0.417 e. The fourth-order valence-corrected chi connectivity index (χ4v) is 5.25. The molecule has 2 aromatic carbocycles. The second-order valence-corrected chi connectivity index (χ2v) is 9.27. The minimum absolute atomic E-state index is 0.00251. The van der Waals surface area contributed by atoms with E-state index >= 15 is 0 Å². The average Bonchev–Trinajstić information content (AvgIpc) is 3.20. The molecule has 0 saturated carbocycles. The van der Waals surface area contributed by atoms with Gasteiger partial charge >= 0.3 is 6.18 Å². The van der Waals surface area contributed by atoms with Crippen molar-refractivity contribution in [3.8, 4) is 11.5 Å². The Morgan fingerprint density at radius 3 is 2.70 bits per heavy atom. The van der Waals surface area contributed by atoms with Crippen LogP contribution in [0.25, 0.3) is 10.9 Å². The van der Waals surface area contributed by atoms with Crippen LogP contribution in [0.1, 0.15) is 37.3 Å². The Kier molecular flexibility index (Phi) is 4.69. The fourth-order valence-electron chi connectivity index (χ4n) is 5.25. The summed E-state index contributed by atoms with van der Waals surface area (Å²) in [4.78, 5) is 14.3. The van der Waals surface area contributed by atoms with E-state index < -0.39 is 29.5 Å². The number of aliphatic hydroxyl groups is 1. The molecular weight excluding hydrogens is 437 g/mol. The van der Waals surface area contributed by atoms with Crippen LogP contribution in [0.2, 0.25) is 0 Å². The highest BCUT2D eigenvalue weighted by molar-refractivity contribution is 5.91. The zero-order valence-corrected chi connectivity index (χ0v) is 18.0. The summed E-state index contributed by atoms with van der Waals surface area (Å²) in [5, 5.41) is 14.9. The van der Waals surface area contributed by atoms with Crippen molar-refractivity contribution >= 4 is 16.6 Å². The maximum absolute atomic E-state index is 14.3. The molecule has 2 atom stereocenters. The Labute approximate surface area is 187 Å². The van der Waals surface area contributed by atoms with E-state index in [1.54, 1.807) is 50.2 Å². The lowest BCUT2D eigenvalue weighted by atomic mass is 9.60. The van der Waals surface area contributed by atoms with E-state index in [2.05, 4.69) is 10.3 Å². The first-order valence-electron chi connectivity index (χ1n) is 10.6. The summed E-state index contributed by atoms with van der Waals surface area (Å²) < 4.78 is 54.1. The third-order valence-electron chi connectivity index (χ3n) is 6.66. The fraction of sp³-hybridized carbons (Fsp3) is 0.375. The summed E-state index contributed by atoms with van der Waals surface area (Å²) in [7, 11) is 0. The highest BCUT2D eigenvalue weighted by Crippen LogP contribution is 2.58. The summed E-state index contributed by atoms with van der Waals surface area (Å²) in [6.07, 6.45) is -5.37. The number of fused-ring (bicyclic) bond motifs is 4. The van der Waals surface area contributed by atoms with Crippen molar-refractivity contribution in [1.29, 1.82) is 0 Å². The quantitative estimate of drug-likeness (QED) is 0.539. The number of alkyl halides is 3. The number of H-pyrrole nitrogens is 1. The van der Waals surface area contributed by atoms with Crippen LogP contribution in [0.15, 0.2) is 47.3 Å². The van der Waals surface area contributed by atoms with E-state index in [0.29, 0.717) is 39.2 Å². The Hall–Kier alpha value is -3.20. The zero-order chi connectivity index (χ0) is 23.6. The lowest BCUT2D eigenvalue weighted by molar-refractivity contribution is -0.277. The van der Waals surface area contributed by atoms with Gasteiger partial charge in [0, 0.05) is 35.2 Å². The lowest BCUT2D eigenvalue weighted by Crippen LogP contribution is -2.58. The van der Waals surface area contributed by atoms with Gasteiger partial charge in [-0.25, -0.2) is 0 Å². The van der Waals surface area contributed by atoms with Crippen LogP contribution in [0.5, 0.6) is 11.5 Å². The molecule has 3 aromatic rings. The molecule has 0 saturated heterocycles. The monoisotopic (exact) mass is 460 g/mol. The summed E-state index contributed by atoms with van der Waals surface area (Å²) in [5.41, 5.74) is -2.12. The number of nitrogens with one attached hydrogen (secondary N) is 2. The molecule has 2 aliphatic rings. The van der Waals surface area contributed by atoms with Crippen molar-refractivity contribution < 1.29 is 27.8 Å². The molecule has 9 heteroatoms. The Bertz CT molecular complexity index is 1300. The number of pyridine rings is 1. The van der Waals surface area contributed by atoms with Gasteiger partial charge in [0.15, 0.2) is 17.1 Å². The number of benzene rings is 2. The number of ether oxygens (including phenoxy) is 2. The standard InChI is InChI=1S/C24H23F3N2O4/c1-22(2)11-23(31,24(25,26)27)15(13-6-8-18-21(20(13)22)33-12-32-18)10-28-16-4-3-5-17-14(16)7-9-19(30)29-17/h3-9,15,28,31H,10-12H2,1-2H3,(H,29,30). The molecule has 0 fully saturated rings. The van der Waals surface area contributed by atoms with Crippen molar-refractivity contribution in [2.24, 2.45) is 0 Å². The van der Waals surface area contributed by atoms with Gasteiger partial charge in [0.1, 0.15) is 0 Å². The molecule has 0 spiro atoms. The first-order valence-corrected chi connectivity index (χ1v) is 10.6. The van der Waals surface area contributed by atoms with E-state index in [0.717, 1.165) is 0 Å². The normalized spacial score (nSPS) is 23.4. The van der Waals surface area contributed by atoms with Gasteiger partial charge < -0.3 is 24.9 Å². The third kappa shape index (κ3) is 3.33. The van der Waals surface area contributed by atoms with Crippen molar-refractivity contribution in [1.82, 2.24) is 4.98 Å². The highest BCUT2D eigenvalue weighted by Gasteiger charge is 2.64. The topological polar surface area (TPSA) is 83.6 Å². The number of halogens is 3. The van der Waals surface area contributed by atoms with Crippen LogP contribution >= 0.6 is 0 Å². The molecule has 0 amide bonds. The van der Waals surface area contributed by atoms with Crippen LogP contribution < -0.4 is 20.3 Å². The van der Waals surface area contributed by atoms with E-state index in [1.807, 2.05) is 0 Å². The smallest absolute Gasteiger partial charge is 0.417 e. The van der Waals surface area contributed by atoms with E-state index in [9.17, 15) is 23.1 Å². The van der Waals surface area contributed by atoms with Crippen molar-refractivity contribution in [3.63, 3.8) is 0 Å². The van der Waals surface area contributed by atoms with Gasteiger partial charge in [0.25, 0.3) is 0 Å². The zero-order valence-electron chi connectivity index (χ0n) is 18.0. The number of aromatic amines is 1. The predicted octanol–water partition coefficient (Wildman–Crippen LogP) is 4.43. The number of rotatable bonds is 3. The Balaban J connectivity index is 1.61. The minimum atomic E-state index is -4.85. The molecule has 3 N–H and O–H groups in total. The molecule has 1 aliphatic heterocycles. The lowest BCUT2D eigenvalue weighted by Gasteiger charge is -2.49. The highest BCUT2D eigenvalue weighted by atomic mass is 19.4. The molecule has 6 nitrogen and oxygen atoms in total. The van der Waals surface area contributed by atoms with Gasteiger partial charge in [-0.15, -0.1) is 0 Å². The van der Waals surface area contributed by atoms with Gasteiger partial charge in [-0.1, -0.05) is 26.0 Å².